The van der Waals surface area contributed by atoms with E-state index in [9.17, 15) is 65.1 Å². The zero-order chi connectivity index (χ0) is 46.9. The lowest BCUT2D eigenvalue weighted by Crippen LogP contribution is -2.69. The summed E-state index contributed by atoms with van der Waals surface area (Å²) in [5.74, 6) is -6.05. The fourth-order valence-electron chi connectivity index (χ4n) is 7.40. The van der Waals surface area contributed by atoms with Crippen LogP contribution in [0.4, 0.5) is 0 Å². The number of carboxylic acid groups (broad SMARTS) is 1. The van der Waals surface area contributed by atoms with E-state index in [-0.39, 0.29) is 18.7 Å². The van der Waals surface area contributed by atoms with Crippen molar-refractivity contribution in [2.24, 2.45) is 5.73 Å². The van der Waals surface area contributed by atoms with Crippen molar-refractivity contribution in [1.29, 1.82) is 0 Å². The van der Waals surface area contributed by atoms with Gasteiger partial charge in [-0.2, -0.15) is 0 Å². The lowest BCUT2D eigenvalue weighted by atomic mass is 9.88. The first-order chi connectivity index (χ1) is 30.4. The lowest BCUT2D eigenvalue weighted by molar-refractivity contribution is -0.359. The first-order valence-corrected chi connectivity index (χ1v) is 20.3. The van der Waals surface area contributed by atoms with E-state index in [1.165, 1.54) is 12.1 Å². The minimum Gasteiger partial charge on any atom is -0.477 e. The highest BCUT2D eigenvalue weighted by Crippen LogP contribution is 2.36. The number of rotatable bonds is 19. The van der Waals surface area contributed by atoms with Gasteiger partial charge < -0.3 is 101 Å². The number of aliphatic carboxylic acids is 1. The molecule has 0 unspecified atom stereocenters. The topological polar surface area (TPSA) is 377 Å². The molecular weight excluding hydrogens is 856 g/mol. The average molecular weight is 913 g/mol. The van der Waals surface area contributed by atoms with Crippen molar-refractivity contribution in [1.82, 2.24) is 16.0 Å². The summed E-state index contributed by atoms with van der Waals surface area (Å²) >= 11 is 0. The summed E-state index contributed by atoms with van der Waals surface area (Å²) in [6.45, 7) is -0.279. The Morgan fingerprint density at radius 3 is 2.14 bits per heavy atom. The maximum absolute atomic E-state index is 13.1. The number of aliphatic hydroxyl groups excluding tert-OH is 8. The summed E-state index contributed by atoms with van der Waals surface area (Å²) in [5.41, 5.74) is 5.62. The zero-order valence-electron chi connectivity index (χ0n) is 34.7. The van der Waals surface area contributed by atoms with Crippen molar-refractivity contribution in [3.05, 3.63) is 60.2 Å². The number of hydrogen-bond acceptors (Lipinski definition) is 20. The standard InChI is InChI=1S/C40H56N4O20/c1-18(46)43-27-23(48)14-40(39(56)57,64-35(27)29(50)24(49)15-42-36(55)20-7-6-10-22(13-20)60-21-8-4-3-5-9-21)59-17-26-30(51)32(53)33(54)38(62-26)63-34-25(16-45)61-37(58-12-11-41)28(31(34)52)44-19(2)47/h3-10,13,23-35,37-38,45,48-54H,11-12,14-17,41H2,1-2H3,(H,42,55)(H,43,46)(H,44,47)(H,56,57)/t23-,24+,25+,26+,27+,28+,29+,30-,31+,32-,33+,34+,35+,37+,38-,40+/m0/s1. The fraction of sp³-hybridized carbons (Fsp3) is 0.600. The molecule has 0 bridgehead atoms. The number of nitrogens with two attached hydrogens (primary N) is 1. The summed E-state index contributed by atoms with van der Waals surface area (Å²) < 4.78 is 39.9. The van der Waals surface area contributed by atoms with Gasteiger partial charge in [0, 0.05) is 38.9 Å². The number of carbonyl (C=O) groups excluding carboxylic acids is 3. The van der Waals surface area contributed by atoms with E-state index >= 15 is 0 Å². The Kier molecular flexibility index (Phi) is 17.9. The Hall–Kier alpha value is -4.48. The van der Waals surface area contributed by atoms with E-state index in [2.05, 4.69) is 16.0 Å². The van der Waals surface area contributed by atoms with Crippen LogP contribution in [0.2, 0.25) is 0 Å². The van der Waals surface area contributed by atoms with Gasteiger partial charge in [0.05, 0.1) is 38.1 Å². The molecule has 3 aliphatic rings. The minimum atomic E-state index is -2.91. The Morgan fingerprint density at radius 1 is 0.844 bits per heavy atom. The molecule has 2 aromatic carbocycles. The molecule has 3 saturated heterocycles. The molecule has 14 N–H and O–H groups in total. The van der Waals surface area contributed by atoms with Gasteiger partial charge in [0.15, 0.2) is 12.6 Å². The first kappa shape index (κ1) is 50.5. The molecule has 0 aromatic heterocycles. The van der Waals surface area contributed by atoms with Crippen LogP contribution >= 0.6 is 0 Å². The van der Waals surface area contributed by atoms with Crippen LogP contribution in [0.3, 0.4) is 0 Å². The number of amides is 3. The van der Waals surface area contributed by atoms with Gasteiger partial charge in [0.1, 0.15) is 72.5 Å². The molecule has 24 nitrogen and oxygen atoms in total. The molecule has 2 aromatic rings. The van der Waals surface area contributed by atoms with Gasteiger partial charge in [0.25, 0.3) is 11.7 Å². The van der Waals surface area contributed by atoms with Crippen LogP contribution in [0.15, 0.2) is 54.6 Å². The van der Waals surface area contributed by atoms with E-state index < -0.39 is 147 Å². The molecule has 24 heteroatoms. The van der Waals surface area contributed by atoms with E-state index in [0.717, 1.165) is 13.8 Å². The van der Waals surface area contributed by atoms with Gasteiger partial charge in [-0.15, -0.1) is 0 Å². The van der Waals surface area contributed by atoms with Crippen molar-refractivity contribution >= 4 is 23.7 Å². The number of para-hydroxylation sites is 1. The number of carbonyl (C=O) groups is 4. The fourth-order valence-corrected chi connectivity index (χ4v) is 7.40. The monoisotopic (exact) mass is 912 g/mol. The van der Waals surface area contributed by atoms with E-state index in [1.54, 1.807) is 42.5 Å². The first-order valence-electron chi connectivity index (χ1n) is 20.3. The summed E-state index contributed by atoms with van der Waals surface area (Å²) in [4.78, 5) is 50.2. The highest BCUT2D eigenvalue weighted by atomic mass is 16.8. The number of aliphatic hydroxyl groups is 8. The molecule has 5 rings (SSSR count). The van der Waals surface area contributed by atoms with E-state index in [1.807, 2.05) is 0 Å². The van der Waals surface area contributed by atoms with Crippen LogP contribution in [0.1, 0.15) is 30.6 Å². The quantitative estimate of drug-likeness (QED) is 0.0628. The van der Waals surface area contributed by atoms with Crippen molar-refractivity contribution in [3.8, 4) is 11.5 Å². The summed E-state index contributed by atoms with van der Waals surface area (Å²) in [7, 11) is 0. The highest BCUT2D eigenvalue weighted by Gasteiger charge is 2.57. The highest BCUT2D eigenvalue weighted by molar-refractivity contribution is 5.94. The molecule has 3 aliphatic heterocycles. The second-order valence-corrected chi connectivity index (χ2v) is 15.4. The van der Waals surface area contributed by atoms with Crippen LogP contribution in [-0.4, -0.2) is 200 Å². The number of benzene rings is 2. The SMILES string of the molecule is CC(=O)N[C@H]1[C@H](OCCN)O[C@H](CO)[C@@H](O[C@@H]2O[C@H](CO[C@]3(C(=O)O)C[C@H](O)[C@@H](NC(C)=O)[C@H]([C@H](O)[C@H](O)CNC(=O)c4cccc(Oc5ccccc5)c4)O3)[C@H](O)[C@H](O)[C@H]2O)[C@@H]1O. The number of nitrogens with one attached hydrogen (secondary N) is 3. The lowest BCUT2D eigenvalue weighted by Gasteiger charge is -2.48. The van der Waals surface area contributed by atoms with Gasteiger partial charge in [0.2, 0.25) is 11.8 Å². The van der Waals surface area contributed by atoms with E-state index in [0.29, 0.717) is 11.5 Å². The molecule has 3 heterocycles. The molecular formula is C40H56N4O20. The Bertz CT molecular complexity index is 1870. The summed E-state index contributed by atoms with van der Waals surface area (Å²) in [6.07, 6.45) is -24.7. The van der Waals surface area contributed by atoms with E-state index in [4.69, 9.17) is 38.9 Å². The van der Waals surface area contributed by atoms with Gasteiger partial charge in [-0.25, -0.2) is 4.79 Å². The van der Waals surface area contributed by atoms with Crippen LogP contribution < -0.4 is 26.4 Å². The van der Waals surface area contributed by atoms with Crippen molar-refractivity contribution < 1.29 is 98.3 Å². The predicted molar refractivity (Wildman–Crippen MR) is 213 cm³/mol. The maximum atomic E-state index is 13.1. The minimum absolute atomic E-state index is 0.0349. The molecule has 0 spiro atoms. The summed E-state index contributed by atoms with van der Waals surface area (Å²) in [6, 6.07) is 11.9. The number of carboxylic acids is 1. The van der Waals surface area contributed by atoms with Crippen molar-refractivity contribution in [2.45, 2.75) is 118 Å². The summed E-state index contributed by atoms with van der Waals surface area (Å²) in [5, 5.41) is 105. The molecule has 0 saturated carbocycles. The molecule has 356 valence electrons. The smallest absolute Gasteiger partial charge is 0.364 e. The van der Waals surface area contributed by atoms with Crippen LogP contribution in [0, 0.1) is 0 Å². The Labute approximate surface area is 365 Å². The maximum Gasteiger partial charge on any atom is 0.364 e. The third kappa shape index (κ3) is 12.2. The predicted octanol–water partition coefficient (Wildman–Crippen LogP) is -4.87. The second kappa shape index (κ2) is 22.6. The van der Waals surface area contributed by atoms with Gasteiger partial charge in [-0.05, 0) is 30.3 Å². The normalized spacial score (nSPS) is 33.9. The molecule has 0 radical (unpaired) electrons. The Balaban J connectivity index is 1.29. The third-order valence-electron chi connectivity index (χ3n) is 10.6. The molecule has 0 aliphatic carbocycles. The molecule has 16 atom stereocenters. The van der Waals surface area contributed by atoms with Crippen molar-refractivity contribution in [3.63, 3.8) is 0 Å². The third-order valence-corrected chi connectivity index (χ3v) is 10.6. The van der Waals surface area contributed by atoms with Crippen LogP contribution in [-0.2, 0) is 42.8 Å². The zero-order valence-corrected chi connectivity index (χ0v) is 34.7. The molecule has 64 heavy (non-hydrogen) atoms. The van der Waals surface area contributed by atoms with Gasteiger partial charge in [-0.1, -0.05) is 24.3 Å². The number of ether oxygens (including phenoxy) is 7. The number of hydrogen-bond donors (Lipinski definition) is 13. The Morgan fingerprint density at radius 2 is 1.50 bits per heavy atom. The molecule has 3 amide bonds. The van der Waals surface area contributed by atoms with Gasteiger partial charge in [-0.3, -0.25) is 14.4 Å². The van der Waals surface area contributed by atoms with Crippen LogP contribution in [0.25, 0.3) is 0 Å². The van der Waals surface area contributed by atoms with Crippen LogP contribution in [0.5, 0.6) is 11.5 Å². The largest absolute Gasteiger partial charge is 0.477 e. The van der Waals surface area contributed by atoms with Gasteiger partial charge >= 0.3 is 5.97 Å². The van der Waals surface area contributed by atoms with Crippen molar-refractivity contribution in [2.75, 3.05) is 32.9 Å². The average Bonchev–Trinajstić information content (AvgIpc) is 3.26. The molecule has 3 fully saturated rings. The second-order valence-electron chi connectivity index (χ2n) is 15.4.